The summed E-state index contributed by atoms with van der Waals surface area (Å²) in [4.78, 5) is 4.40. The molecule has 2 aromatic heterocycles. The highest BCUT2D eigenvalue weighted by Crippen LogP contribution is 2.28. The first-order valence-corrected chi connectivity index (χ1v) is 7.69. The van der Waals surface area contributed by atoms with Gasteiger partial charge in [-0.3, -0.25) is 0 Å². The molecule has 120 valence electrons. The van der Waals surface area contributed by atoms with Crippen LogP contribution < -0.4 is 0 Å². The van der Waals surface area contributed by atoms with Crippen molar-refractivity contribution in [2.75, 3.05) is 0 Å². The minimum atomic E-state index is -0.326. The molecule has 0 bridgehead atoms. The molecule has 0 saturated carbocycles. The fourth-order valence-corrected chi connectivity index (χ4v) is 2.66. The zero-order chi connectivity index (χ0) is 16.7. The largest absolute Gasteiger partial charge is 0.444 e. The third-order valence-corrected chi connectivity index (χ3v) is 3.86. The molecule has 0 spiro atoms. The van der Waals surface area contributed by atoms with Crippen LogP contribution in [0, 0.1) is 5.82 Å². The molecule has 0 unspecified atom stereocenters. The summed E-state index contributed by atoms with van der Waals surface area (Å²) in [6.07, 6.45) is 1.46. The van der Waals surface area contributed by atoms with Crippen molar-refractivity contribution in [2.24, 2.45) is 0 Å². The molecule has 0 N–H and O–H groups in total. The Kier molecular flexibility index (Phi) is 3.37. The Morgan fingerprint density at radius 1 is 1.12 bits per heavy atom. The third-order valence-electron chi connectivity index (χ3n) is 3.86. The molecule has 0 fully saturated rings. The van der Waals surface area contributed by atoms with Crippen molar-refractivity contribution < 1.29 is 8.81 Å². The summed E-state index contributed by atoms with van der Waals surface area (Å²) >= 11 is 0. The summed E-state index contributed by atoms with van der Waals surface area (Å²) in [6, 6.07) is 12.4. The SMILES string of the molecule is CC(C)n1nnc2cc(-c3nc(-c4ccccc4F)co3)ccc21. The van der Waals surface area contributed by atoms with Gasteiger partial charge in [0.1, 0.15) is 23.3 Å². The highest BCUT2D eigenvalue weighted by molar-refractivity contribution is 5.80. The van der Waals surface area contributed by atoms with Gasteiger partial charge in [0.2, 0.25) is 5.89 Å². The summed E-state index contributed by atoms with van der Waals surface area (Å²) in [5, 5.41) is 8.35. The second-order valence-electron chi connectivity index (χ2n) is 5.85. The van der Waals surface area contributed by atoms with Gasteiger partial charge in [-0.15, -0.1) is 5.10 Å². The number of hydrogen-bond donors (Lipinski definition) is 0. The van der Waals surface area contributed by atoms with Gasteiger partial charge >= 0.3 is 0 Å². The normalized spacial score (nSPS) is 11.5. The fraction of sp³-hybridized carbons (Fsp3) is 0.167. The van der Waals surface area contributed by atoms with Crippen molar-refractivity contribution in [1.82, 2.24) is 20.0 Å². The molecular formula is C18H15FN4O. The lowest BCUT2D eigenvalue weighted by atomic mass is 10.1. The molecular weight excluding hydrogens is 307 g/mol. The van der Waals surface area contributed by atoms with Crippen molar-refractivity contribution in [1.29, 1.82) is 0 Å². The van der Waals surface area contributed by atoms with E-state index in [1.807, 2.05) is 22.9 Å². The van der Waals surface area contributed by atoms with Gasteiger partial charge in [-0.05, 0) is 44.2 Å². The van der Waals surface area contributed by atoms with Crippen LogP contribution in [0.1, 0.15) is 19.9 Å². The molecule has 2 heterocycles. The van der Waals surface area contributed by atoms with Crippen LogP contribution in [0.25, 0.3) is 33.7 Å². The number of aromatic nitrogens is 4. The molecule has 0 aliphatic heterocycles. The smallest absolute Gasteiger partial charge is 0.226 e. The maximum atomic E-state index is 13.9. The maximum absolute atomic E-state index is 13.9. The van der Waals surface area contributed by atoms with Crippen LogP contribution in [-0.2, 0) is 0 Å². The van der Waals surface area contributed by atoms with Gasteiger partial charge in [-0.2, -0.15) is 0 Å². The van der Waals surface area contributed by atoms with Gasteiger partial charge in [-0.25, -0.2) is 14.1 Å². The molecule has 5 nitrogen and oxygen atoms in total. The highest BCUT2D eigenvalue weighted by Gasteiger charge is 2.14. The Hall–Kier alpha value is -3.02. The van der Waals surface area contributed by atoms with E-state index < -0.39 is 0 Å². The average molecular weight is 322 g/mol. The van der Waals surface area contributed by atoms with E-state index in [0.29, 0.717) is 17.1 Å². The Balaban J connectivity index is 1.75. The Labute approximate surface area is 137 Å². The molecule has 4 rings (SSSR count). The van der Waals surface area contributed by atoms with Gasteiger partial charge in [0.05, 0.1) is 5.52 Å². The molecule has 2 aromatic carbocycles. The van der Waals surface area contributed by atoms with Crippen LogP contribution in [0.15, 0.2) is 53.1 Å². The van der Waals surface area contributed by atoms with E-state index in [0.717, 1.165) is 16.6 Å². The standard InChI is InChI=1S/C18H15FN4O/c1-11(2)23-17-8-7-12(9-15(17)21-22-23)18-20-16(10-24-18)13-5-3-4-6-14(13)19/h3-11H,1-2H3. The third kappa shape index (κ3) is 2.36. The first kappa shape index (κ1) is 14.6. The highest BCUT2D eigenvalue weighted by atomic mass is 19.1. The number of nitrogens with zero attached hydrogens (tertiary/aromatic N) is 4. The summed E-state index contributed by atoms with van der Waals surface area (Å²) in [6.45, 7) is 4.10. The van der Waals surface area contributed by atoms with Crippen LogP contribution in [0.5, 0.6) is 0 Å². The van der Waals surface area contributed by atoms with Gasteiger partial charge in [-0.1, -0.05) is 17.3 Å². The first-order chi connectivity index (χ1) is 11.6. The van der Waals surface area contributed by atoms with E-state index in [1.165, 1.54) is 12.3 Å². The average Bonchev–Trinajstić information content (AvgIpc) is 3.21. The second kappa shape index (κ2) is 5.56. The summed E-state index contributed by atoms with van der Waals surface area (Å²) < 4.78 is 21.3. The quantitative estimate of drug-likeness (QED) is 0.558. The first-order valence-electron chi connectivity index (χ1n) is 7.69. The minimum Gasteiger partial charge on any atom is -0.444 e. The van der Waals surface area contributed by atoms with Crippen molar-refractivity contribution in [3.63, 3.8) is 0 Å². The van der Waals surface area contributed by atoms with Gasteiger partial charge in [0.25, 0.3) is 0 Å². The van der Waals surface area contributed by atoms with Gasteiger partial charge in [0.15, 0.2) is 0 Å². The monoisotopic (exact) mass is 322 g/mol. The van der Waals surface area contributed by atoms with Crippen molar-refractivity contribution >= 4 is 11.0 Å². The molecule has 0 radical (unpaired) electrons. The van der Waals surface area contributed by atoms with Crippen molar-refractivity contribution in [3.05, 3.63) is 54.5 Å². The number of fused-ring (bicyclic) bond motifs is 1. The lowest BCUT2D eigenvalue weighted by Gasteiger charge is -2.05. The van der Waals surface area contributed by atoms with E-state index in [-0.39, 0.29) is 11.9 Å². The van der Waals surface area contributed by atoms with E-state index in [1.54, 1.807) is 18.2 Å². The van der Waals surface area contributed by atoms with Crippen LogP contribution >= 0.6 is 0 Å². The Morgan fingerprint density at radius 3 is 2.75 bits per heavy atom. The number of hydrogen-bond acceptors (Lipinski definition) is 4. The lowest BCUT2D eigenvalue weighted by molar-refractivity contribution is 0.530. The molecule has 0 atom stereocenters. The van der Waals surface area contributed by atoms with Crippen LogP contribution in [0.2, 0.25) is 0 Å². The number of halogens is 1. The molecule has 0 saturated heterocycles. The molecule has 24 heavy (non-hydrogen) atoms. The maximum Gasteiger partial charge on any atom is 0.226 e. The van der Waals surface area contributed by atoms with E-state index in [2.05, 4.69) is 29.1 Å². The summed E-state index contributed by atoms with van der Waals surface area (Å²) in [5.41, 5.74) is 3.38. The van der Waals surface area contributed by atoms with E-state index in [4.69, 9.17) is 4.42 Å². The van der Waals surface area contributed by atoms with E-state index in [9.17, 15) is 4.39 Å². The number of rotatable bonds is 3. The van der Waals surface area contributed by atoms with Gasteiger partial charge < -0.3 is 4.42 Å². The summed E-state index contributed by atoms with van der Waals surface area (Å²) in [7, 11) is 0. The predicted octanol–water partition coefficient (Wildman–Crippen LogP) is 4.47. The van der Waals surface area contributed by atoms with Crippen molar-refractivity contribution in [3.8, 4) is 22.7 Å². The van der Waals surface area contributed by atoms with Crippen LogP contribution in [-0.4, -0.2) is 20.0 Å². The fourth-order valence-electron chi connectivity index (χ4n) is 2.66. The topological polar surface area (TPSA) is 56.7 Å². The zero-order valence-electron chi connectivity index (χ0n) is 13.3. The van der Waals surface area contributed by atoms with E-state index >= 15 is 0 Å². The number of benzene rings is 2. The van der Waals surface area contributed by atoms with Crippen LogP contribution in [0.4, 0.5) is 4.39 Å². The van der Waals surface area contributed by atoms with Crippen LogP contribution in [0.3, 0.4) is 0 Å². The number of oxazole rings is 1. The molecule has 0 aliphatic rings. The lowest BCUT2D eigenvalue weighted by Crippen LogP contribution is -2.02. The summed E-state index contributed by atoms with van der Waals surface area (Å²) in [5.74, 6) is 0.0990. The molecule has 6 heteroatoms. The molecule has 4 aromatic rings. The van der Waals surface area contributed by atoms with Crippen molar-refractivity contribution in [2.45, 2.75) is 19.9 Å². The second-order valence-corrected chi connectivity index (χ2v) is 5.85. The minimum absolute atomic E-state index is 0.232. The Morgan fingerprint density at radius 2 is 1.96 bits per heavy atom. The molecule has 0 amide bonds. The Bertz CT molecular complexity index is 1020. The van der Waals surface area contributed by atoms with Gasteiger partial charge in [0, 0.05) is 17.2 Å². The predicted molar refractivity (Wildman–Crippen MR) is 88.8 cm³/mol. The molecule has 0 aliphatic carbocycles. The zero-order valence-corrected chi connectivity index (χ0v) is 13.3.